The van der Waals surface area contributed by atoms with Crippen molar-refractivity contribution in [3.63, 3.8) is 0 Å². The van der Waals surface area contributed by atoms with Crippen molar-refractivity contribution in [3.8, 4) is 0 Å². The number of amides is 2. The fourth-order valence-corrected chi connectivity index (χ4v) is 6.54. The first-order chi connectivity index (χ1) is 16.8. The summed E-state index contributed by atoms with van der Waals surface area (Å²) < 4.78 is 19.0. The Morgan fingerprint density at radius 2 is 1.91 bits per heavy atom. The van der Waals surface area contributed by atoms with Crippen molar-refractivity contribution in [3.05, 3.63) is 29.8 Å². The Labute approximate surface area is 208 Å². The van der Waals surface area contributed by atoms with Gasteiger partial charge in [-0.1, -0.05) is 32.9 Å². The van der Waals surface area contributed by atoms with Gasteiger partial charge < -0.3 is 24.8 Å². The van der Waals surface area contributed by atoms with Gasteiger partial charge in [-0.2, -0.15) is 0 Å². The standard InChI is InChI=1S/C27H40N2O6/c1-5-19-8-10-20(11-9-19)29-25(30)28-15-6-16-31-23-18(3)22-12-7-17(2)21-13-14-26(4)33-24(32-23)27(21,22)35-34-26/h8-11,17-18,21-24H,5-7,12-16H2,1-4H3,(H2,28,29,30)/t17-,18-,21+,22+,23-,24-,26+,27-/m1/s1. The predicted molar refractivity (Wildman–Crippen MR) is 130 cm³/mol. The Bertz CT molecular complexity index is 896. The molecule has 5 fully saturated rings. The molecule has 2 amide bonds. The Hall–Kier alpha value is -1.71. The zero-order valence-electron chi connectivity index (χ0n) is 21.4. The van der Waals surface area contributed by atoms with Crippen molar-refractivity contribution >= 4 is 11.7 Å². The van der Waals surface area contributed by atoms with Gasteiger partial charge in [0.25, 0.3) is 0 Å². The first kappa shape index (κ1) is 25.0. The lowest BCUT2D eigenvalue weighted by Gasteiger charge is -2.60. The molecular weight excluding hydrogens is 448 g/mol. The molecule has 8 nitrogen and oxygen atoms in total. The van der Waals surface area contributed by atoms with Crippen molar-refractivity contribution < 1.29 is 28.8 Å². The number of carbonyl (C=O) groups excluding carboxylic acids is 1. The van der Waals surface area contributed by atoms with Crippen LogP contribution in [0.4, 0.5) is 10.5 Å². The molecule has 194 valence electrons. The molecule has 6 rings (SSSR count). The van der Waals surface area contributed by atoms with Crippen molar-refractivity contribution in [1.29, 1.82) is 0 Å². The van der Waals surface area contributed by atoms with Gasteiger partial charge in [-0.15, -0.1) is 0 Å². The lowest BCUT2D eigenvalue weighted by atomic mass is 9.58. The summed E-state index contributed by atoms with van der Waals surface area (Å²) in [6.45, 7) is 9.54. The van der Waals surface area contributed by atoms with E-state index in [0.717, 1.165) is 31.4 Å². The third kappa shape index (κ3) is 4.71. The average molecular weight is 489 g/mol. The van der Waals surface area contributed by atoms with Crippen LogP contribution >= 0.6 is 0 Å². The van der Waals surface area contributed by atoms with E-state index in [4.69, 9.17) is 24.0 Å². The smallest absolute Gasteiger partial charge is 0.319 e. The molecule has 1 aromatic rings. The van der Waals surface area contributed by atoms with Crippen LogP contribution in [0.15, 0.2) is 24.3 Å². The number of fused-ring (bicyclic) bond motifs is 2. The maximum atomic E-state index is 12.2. The van der Waals surface area contributed by atoms with Crippen LogP contribution in [0.1, 0.15) is 65.4 Å². The Morgan fingerprint density at radius 1 is 1.11 bits per heavy atom. The van der Waals surface area contributed by atoms with Crippen LogP contribution < -0.4 is 10.6 Å². The highest BCUT2D eigenvalue weighted by atomic mass is 17.3. The molecule has 1 aromatic carbocycles. The third-order valence-corrected chi connectivity index (χ3v) is 8.61. The second-order valence-electron chi connectivity index (χ2n) is 10.9. The fraction of sp³-hybridized carbons (Fsp3) is 0.741. The first-order valence-corrected chi connectivity index (χ1v) is 13.3. The molecular formula is C27H40N2O6. The summed E-state index contributed by atoms with van der Waals surface area (Å²) in [6.07, 6.45) is 4.82. The minimum atomic E-state index is -0.781. The van der Waals surface area contributed by atoms with Crippen molar-refractivity contribution in [2.45, 2.75) is 90.2 Å². The fourth-order valence-electron chi connectivity index (χ4n) is 6.54. The number of aryl methyl sites for hydroxylation is 1. The van der Waals surface area contributed by atoms with E-state index >= 15 is 0 Å². The number of anilines is 1. The van der Waals surface area contributed by atoms with Gasteiger partial charge in [0.1, 0.15) is 0 Å². The molecule has 0 unspecified atom stereocenters. The zero-order chi connectivity index (χ0) is 24.6. The molecule has 4 aliphatic heterocycles. The molecule has 2 N–H and O–H groups in total. The quantitative estimate of drug-likeness (QED) is 0.416. The Balaban J connectivity index is 1.13. The van der Waals surface area contributed by atoms with Gasteiger partial charge in [0.05, 0.1) is 6.61 Å². The monoisotopic (exact) mass is 488 g/mol. The van der Waals surface area contributed by atoms with Gasteiger partial charge in [-0.05, 0) is 68.6 Å². The molecule has 4 saturated heterocycles. The maximum Gasteiger partial charge on any atom is 0.319 e. The second kappa shape index (κ2) is 9.98. The van der Waals surface area contributed by atoms with Crippen LogP contribution in [0.3, 0.4) is 0 Å². The summed E-state index contributed by atoms with van der Waals surface area (Å²) in [5, 5.41) is 5.76. The lowest BCUT2D eigenvalue weighted by Crippen LogP contribution is -2.70. The Morgan fingerprint density at radius 3 is 2.69 bits per heavy atom. The summed E-state index contributed by atoms with van der Waals surface area (Å²) in [5.74, 6) is 0.504. The van der Waals surface area contributed by atoms with Gasteiger partial charge >= 0.3 is 6.03 Å². The Kier molecular flexibility index (Phi) is 7.12. The number of carbonyl (C=O) groups is 1. The molecule has 8 heteroatoms. The van der Waals surface area contributed by atoms with Crippen LogP contribution in [-0.2, 0) is 30.4 Å². The van der Waals surface area contributed by atoms with Crippen LogP contribution in [0.2, 0.25) is 0 Å². The van der Waals surface area contributed by atoms with E-state index < -0.39 is 17.7 Å². The third-order valence-electron chi connectivity index (χ3n) is 8.61. The number of benzene rings is 1. The minimum absolute atomic E-state index is 0.151. The number of nitrogens with one attached hydrogen (secondary N) is 2. The largest absolute Gasteiger partial charge is 0.352 e. The van der Waals surface area contributed by atoms with Gasteiger partial charge in [-0.3, -0.25) is 0 Å². The molecule has 2 bridgehead atoms. The van der Waals surface area contributed by atoms with Gasteiger partial charge in [0.15, 0.2) is 18.2 Å². The minimum Gasteiger partial charge on any atom is -0.352 e. The van der Waals surface area contributed by atoms with Gasteiger partial charge in [-0.25, -0.2) is 14.6 Å². The molecule has 4 heterocycles. The summed E-state index contributed by atoms with van der Waals surface area (Å²) in [6, 6.07) is 7.67. The summed E-state index contributed by atoms with van der Waals surface area (Å²) in [4.78, 5) is 24.2. The number of hydrogen-bond acceptors (Lipinski definition) is 6. The topological polar surface area (TPSA) is 87.3 Å². The average Bonchev–Trinajstić information content (AvgIpc) is 3.08. The van der Waals surface area contributed by atoms with E-state index in [1.54, 1.807) is 0 Å². The predicted octanol–water partition coefficient (Wildman–Crippen LogP) is 4.99. The van der Waals surface area contributed by atoms with Crippen LogP contribution in [0.25, 0.3) is 0 Å². The van der Waals surface area contributed by atoms with Crippen molar-refractivity contribution in [2.24, 2.45) is 23.7 Å². The van der Waals surface area contributed by atoms with Crippen LogP contribution in [0.5, 0.6) is 0 Å². The summed E-state index contributed by atoms with van der Waals surface area (Å²) >= 11 is 0. The first-order valence-electron chi connectivity index (χ1n) is 13.3. The van der Waals surface area contributed by atoms with Gasteiger partial charge in [0, 0.05) is 30.5 Å². The number of urea groups is 1. The summed E-state index contributed by atoms with van der Waals surface area (Å²) in [5.41, 5.74) is 1.46. The van der Waals surface area contributed by atoms with Crippen molar-refractivity contribution in [2.75, 3.05) is 18.5 Å². The van der Waals surface area contributed by atoms with E-state index in [1.807, 2.05) is 31.2 Å². The number of ether oxygens (including phenoxy) is 3. The highest BCUT2D eigenvalue weighted by Crippen LogP contribution is 2.60. The molecule has 0 radical (unpaired) electrons. The molecule has 1 aliphatic carbocycles. The van der Waals surface area contributed by atoms with E-state index in [9.17, 15) is 4.79 Å². The maximum absolute atomic E-state index is 12.2. The van der Waals surface area contributed by atoms with E-state index in [0.29, 0.717) is 31.4 Å². The SMILES string of the molecule is CCc1ccc(NC(=O)NCCCO[C@@H]2O[C@@H]3O[C@]4(C)CC[C@H]5[C@H](C)CC[C@@H]([C@H]2C)[C@@]35OO4)cc1. The van der Waals surface area contributed by atoms with E-state index in [-0.39, 0.29) is 24.2 Å². The van der Waals surface area contributed by atoms with Crippen LogP contribution in [0, 0.1) is 23.7 Å². The number of rotatable bonds is 7. The zero-order valence-corrected chi connectivity index (χ0v) is 21.4. The lowest BCUT2D eigenvalue weighted by molar-refractivity contribution is -0.577. The molecule has 1 saturated carbocycles. The normalized spacial score (nSPS) is 40.0. The highest BCUT2D eigenvalue weighted by Gasteiger charge is 2.69. The van der Waals surface area contributed by atoms with E-state index in [2.05, 4.69) is 31.4 Å². The molecule has 0 aromatic heterocycles. The van der Waals surface area contributed by atoms with E-state index in [1.165, 1.54) is 12.0 Å². The van der Waals surface area contributed by atoms with Crippen molar-refractivity contribution in [1.82, 2.24) is 5.32 Å². The molecule has 8 atom stereocenters. The summed E-state index contributed by atoms with van der Waals surface area (Å²) in [7, 11) is 0. The van der Waals surface area contributed by atoms with Crippen LogP contribution in [-0.4, -0.2) is 43.2 Å². The number of hydrogen-bond donors (Lipinski definition) is 2. The molecule has 5 aliphatic rings. The molecule has 1 spiro atoms. The molecule has 35 heavy (non-hydrogen) atoms. The van der Waals surface area contributed by atoms with Gasteiger partial charge in [0.2, 0.25) is 5.79 Å². The highest BCUT2D eigenvalue weighted by molar-refractivity contribution is 5.89. The second-order valence-corrected chi connectivity index (χ2v) is 10.9.